The predicted octanol–water partition coefficient (Wildman–Crippen LogP) is 6.06. The van der Waals surface area contributed by atoms with Gasteiger partial charge in [0.05, 0.1) is 12.7 Å². The van der Waals surface area contributed by atoms with E-state index in [1.165, 1.54) is 11.1 Å². The summed E-state index contributed by atoms with van der Waals surface area (Å²) in [7, 11) is 1.68. The number of nitrogens with zero attached hydrogens (tertiary/aromatic N) is 3. The maximum atomic E-state index is 5.57. The standard InChI is InChI=1S/C25H23N3OS/c1-19-14-16-21(17-15-19)28-24(22-12-6-7-13-23(22)29-2)26-27-25(28)30-18-8-11-20-9-4-3-5-10-20/h3-17H,18H2,1-2H3. The minimum atomic E-state index is 0.769. The zero-order chi connectivity index (χ0) is 20.8. The lowest BCUT2D eigenvalue weighted by Gasteiger charge is -2.12. The topological polar surface area (TPSA) is 39.9 Å². The Morgan fingerprint density at radius 1 is 0.900 bits per heavy atom. The summed E-state index contributed by atoms with van der Waals surface area (Å²) in [5.41, 5.74) is 4.35. The zero-order valence-electron chi connectivity index (χ0n) is 17.0. The molecule has 0 radical (unpaired) electrons. The Morgan fingerprint density at radius 2 is 1.63 bits per heavy atom. The van der Waals surface area contributed by atoms with Crippen molar-refractivity contribution in [3.8, 4) is 22.8 Å². The van der Waals surface area contributed by atoms with Crippen molar-refractivity contribution < 1.29 is 4.74 Å². The highest BCUT2D eigenvalue weighted by molar-refractivity contribution is 7.99. The van der Waals surface area contributed by atoms with Crippen LogP contribution in [0.25, 0.3) is 23.2 Å². The summed E-state index contributed by atoms with van der Waals surface area (Å²) >= 11 is 1.66. The highest BCUT2D eigenvalue weighted by atomic mass is 32.2. The van der Waals surface area contributed by atoms with Crippen LogP contribution >= 0.6 is 11.8 Å². The van der Waals surface area contributed by atoms with E-state index >= 15 is 0 Å². The summed E-state index contributed by atoms with van der Waals surface area (Å²) in [6, 6.07) is 26.6. The molecule has 4 rings (SSSR count). The molecular weight excluding hydrogens is 390 g/mol. The molecule has 0 aliphatic rings. The molecule has 0 aliphatic carbocycles. The average molecular weight is 414 g/mol. The Balaban J connectivity index is 1.67. The summed E-state index contributed by atoms with van der Waals surface area (Å²) in [4.78, 5) is 0. The number of aromatic nitrogens is 3. The lowest BCUT2D eigenvalue weighted by atomic mass is 10.1. The van der Waals surface area contributed by atoms with E-state index in [2.05, 4.69) is 70.2 Å². The van der Waals surface area contributed by atoms with Crippen LogP contribution in [-0.4, -0.2) is 27.6 Å². The van der Waals surface area contributed by atoms with E-state index < -0.39 is 0 Å². The van der Waals surface area contributed by atoms with Gasteiger partial charge in [0.25, 0.3) is 0 Å². The van der Waals surface area contributed by atoms with E-state index in [9.17, 15) is 0 Å². The van der Waals surface area contributed by atoms with E-state index in [1.807, 2.05) is 42.5 Å². The molecule has 0 N–H and O–H groups in total. The SMILES string of the molecule is COc1ccccc1-c1nnc(SCC=Cc2ccccc2)n1-c1ccc(C)cc1. The van der Waals surface area contributed by atoms with E-state index in [-0.39, 0.29) is 0 Å². The summed E-state index contributed by atoms with van der Waals surface area (Å²) in [5, 5.41) is 9.86. The first kappa shape index (κ1) is 20.0. The van der Waals surface area contributed by atoms with Gasteiger partial charge in [-0.2, -0.15) is 0 Å². The van der Waals surface area contributed by atoms with Gasteiger partial charge in [0.1, 0.15) is 5.75 Å². The van der Waals surface area contributed by atoms with Gasteiger partial charge in [-0.3, -0.25) is 4.57 Å². The van der Waals surface area contributed by atoms with Crippen LogP contribution in [0.15, 0.2) is 90.1 Å². The molecule has 0 bridgehead atoms. The van der Waals surface area contributed by atoms with Crippen LogP contribution in [0.3, 0.4) is 0 Å². The third-order valence-corrected chi connectivity index (χ3v) is 5.57. The Bertz CT molecular complexity index is 1130. The van der Waals surface area contributed by atoms with Gasteiger partial charge in [0.15, 0.2) is 11.0 Å². The lowest BCUT2D eigenvalue weighted by Crippen LogP contribution is -2.01. The van der Waals surface area contributed by atoms with Crippen LogP contribution < -0.4 is 4.74 Å². The monoisotopic (exact) mass is 413 g/mol. The number of methoxy groups -OCH3 is 1. The third kappa shape index (κ3) is 4.47. The molecule has 0 amide bonds. The summed E-state index contributed by atoms with van der Waals surface area (Å²) < 4.78 is 7.66. The first-order valence-corrected chi connectivity index (χ1v) is 10.7. The number of ether oxygens (including phenoxy) is 1. The Hall–Kier alpha value is -3.31. The molecule has 4 nitrogen and oxygen atoms in total. The molecule has 1 heterocycles. The molecule has 0 saturated carbocycles. The highest BCUT2D eigenvalue weighted by Gasteiger charge is 2.18. The highest BCUT2D eigenvalue weighted by Crippen LogP contribution is 2.33. The number of benzene rings is 3. The predicted molar refractivity (Wildman–Crippen MR) is 124 cm³/mol. The van der Waals surface area contributed by atoms with Crippen LogP contribution in [-0.2, 0) is 0 Å². The van der Waals surface area contributed by atoms with Gasteiger partial charge in [-0.25, -0.2) is 0 Å². The number of aryl methyl sites for hydroxylation is 1. The van der Waals surface area contributed by atoms with Crippen LogP contribution in [0.5, 0.6) is 5.75 Å². The number of thioether (sulfide) groups is 1. The van der Waals surface area contributed by atoms with E-state index in [1.54, 1.807) is 18.9 Å². The molecule has 0 fully saturated rings. The maximum absolute atomic E-state index is 5.57. The van der Waals surface area contributed by atoms with Gasteiger partial charge >= 0.3 is 0 Å². The maximum Gasteiger partial charge on any atom is 0.196 e. The van der Waals surface area contributed by atoms with Gasteiger partial charge in [-0.05, 0) is 36.8 Å². The van der Waals surface area contributed by atoms with Crippen LogP contribution in [0, 0.1) is 6.92 Å². The summed E-state index contributed by atoms with van der Waals surface area (Å²) in [6.45, 7) is 2.08. The first-order valence-electron chi connectivity index (χ1n) is 9.76. The largest absolute Gasteiger partial charge is 0.496 e. The normalized spacial score (nSPS) is 11.1. The molecule has 0 spiro atoms. The van der Waals surface area contributed by atoms with Gasteiger partial charge in [-0.15, -0.1) is 10.2 Å². The summed E-state index contributed by atoms with van der Waals surface area (Å²) in [6.07, 6.45) is 4.28. The molecule has 4 aromatic rings. The molecule has 5 heteroatoms. The number of rotatable bonds is 7. The quantitative estimate of drug-likeness (QED) is 0.345. The minimum absolute atomic E-state index is 0.769. The van der Waals surface area contributed by atoms with Gasteiger partial charge in [-0.1, -0.05) is 84.1 Å². The van der Waals surface area contributed by atoms with Gasteiger partial charge in [0.2, 0.25) is 0 Å². The van der Waals surface area contributed by atoms with Crippen molar-refractivity contribution in [2.75, 3.05) is 12.9 Å². The van der Waals surface area contributed by atoms with Gasteiger partial charge in [0, 0.05) is 11.4 Å². The molecule has 30 heavy (non-hydrogen) atoms. The number of para-hydroxylation sites is 1. The lowest BCUT2D eigenvalue weighted by molar-refractivity contribution is 0.416. The third-order valence-electron chi connectivity index (χ3n) is 4.69. The van der Waals surface area contributed by atoms with Crippen molar-refractivity contribution in [1.82, 2.24) is 14.8 Å². The van der Waals surface area contributed by atoms with Crippen molar-refractivity contribution in [2.24, 2.45) is 0 Å². The molecule has 0 saturated heterocycles. The fraction of sp³-hybridized carbons (Fsp3) is 0.120. The number of hydrogen-bond donors (Lipinski definition) is 0. The van der Waals surface area contributed by atoms with E-state index in [0.717, 1.165) is 33.7 Å². The molecular formula is C25H23N3OS. The zero-order valence-corrected chi connectivity index (χ0v) is 17.8. The number of hydrogen-bond acceptors (Lipinski definition) is 4. The van der Waals surface area contributed by atoms with Crippen molar-refractivity contribution in [3.05, 3.63) is 96.1 Å². The second-order valence-corrected chi connectivity index (χ2v) is 7.79. The fourth-order valence-electron chi connectivity index (χ4n) is 3.16. The van der Waals surface area contributed by atoms with E-state index in [4.69, 9.17) is 4.74 Å². The van der Waals surface area contributed by atoms with Crippen molar-refractivity contribution in [1.29, 1.82) is 0 Å². The van der Waals surface area contributed by atoms with Crippen LogP contribution in [0.1, 0.15) is 11.1 Å². The summed E-state index contributed by atoms with van der Waals surface area (Å²) in [5.74, 6) is 2.34. The molecule has 150 valence electrons. The smallest absolute Gasteiger partial charge is 0.196 e. The Morgan fingerprint density at radius 3 is 2.40 bits per heavy atom. The van der Waals surface area contributed by atoms with Gasteiger partial charge < -0.3 is 4.74 Å². The molecule has 3 aromatic carbocycles. The molecule has 1 aromatic heterocycles. The van der Waals surface area contributed by atoms with Crippen molar-refractivity contribution in [3.63, 3.8) is 0 Å². The molecule has 0 unspecified atom stereocenters. The molecule has 0 atom stereocenters. The fourth-order valence-corrected chi connectivity index (χ4v) is 3.93. The molecule has 0 aliphatic heterocycles. The Labute approximate surface area is 181 Å². The van der Waals surface area contributed by atoms with Crippen molar-refractivity contribution in [2.45, 2.75) is 12.1 Å². The minimum Gasteiger partial charge on any atom is -0.496 e. The average Bonchev–Trinajstić information content (AvgIpc) is 3.21. The second kappa shape index (κ2) is 9.46. The van der Waals surface area contributed by atoms with Crippen LogP contribution in [0.2, 0.25) is 0 Å². The van der Waals surface area contributed by atoms with Crippen molar-refractivity contribution >= 4 is 17.8 Å². The second-order valence-electron chi connectivity index (χ2n) is 6.80. The first-order chi connectivity index (χ1) is 14.8. The van der Waals surface area contributed by atoms with Crippen LogP contribution in [0.4, 0.5) is 0 Å². The Kier molecular flexibility index (Phi) is 6.30. The van der Waals surface area contributed by atoms with E-state index in [0.29, 0.717) is 0 Å².